The van der Waals surface area contributed by atoms with Crippen molar-refractivity contribution in [1.29, 1.82) is 5.26 Å². The molecule has 0 bridgehead atoms. The molecule has 0 aromatic heterocycles. The first kappa shape index (κ1) is 20.7. The second-order valence-corrected chi connectivity index (χ2v) is 7.47. The molecular weight excluding hydrogens is 402 g/mol. The van der Waals surface area contributed by atoms with Crippen molar-refractivity contribution in [2.75, 3.05) is 11.9 Å². The van der Waals surface area contributed by atoms with Crippen molar-refractivity contribution < 1.29 is 4.79 Å². The molecule has 0 unspecified atom stereocenters. The van der Waals surface area contributed by atoms with E-state index in [0.29, 0.717) is 6.54 Å². The number of nitrogens with zero attached hydrogens (tertiary/aromatic N) is 1. The highest BCUT2D eigenvalue weighted by Gasteiger charge is 2.15. The summed E-state index contributed by atoms with van der Waals surface area (Å²) in [6.07, 6.45) is 2.27. The summed E-state index contributed by atoms with van der Waals surface area (Å²) in [5, 5.41) is 15.3. The fourth-order valence-corrected chi connectivity index (χ4v) is 3.24. The van der Waals surface area contributed by atoms with E-state index >= 15 is 0 Å². The van der Waals surface area contributed by atoms with E-state index in [2.05, 4.69) is 40.4 Å². The number of amides is 1. The minimum Gasteiger partial charge on any atom is -0.389 e. The Labute approximate surface area is 169 Å². The normalized spacial score (nSPS) is 11.2. The predicted molar refractivity (Wildman–Crippen MR) is 113 cm³/mol. The van der Waals surface area contributed by atoms with Crippen molar-refractivity contribution in [3.63, 3.8) is 0 Å². The van der Waals surface area contributed by atoms with E-state index in [1.165, 1.54) is 11.8 Å². The molecule has 2 N–H and O–H groups in total. The SMILES string of the molecule is Cc1cccc(C(C)C)c1NC(=O)/C(C#N)=C\NCCc1ccccc1Br. The van der Waals surface area contributed by atoms with Gasteiger partial charge in [-0.1, -0.05) is 66.2 Å². The molecule has 4 nitrogen and oxygen atoms in total. The summed E-state index contributed by atoms with van der Waals surface area (Å²) in [5.74, 6) is -0.126. The van der Waals surface area contributed by atoms with Crippen LogP contribution in [-0.2, 0) is 11.2 Å². The van der Waals surface area contributed by atoms with Gasteiger partial charge < -0.3 is 10.6 Å². The van der Waals surface area contributed by atoms with Crippen LogP contribution in [0.5, 0.6) is 0 Å². The predicted octanol–water partition coefficient (Wildman–Crippen LogP) is 5.06. The zero-order valence-electron chi connectivity index (χ0n) is 15.8. The largest absolute Gasteiger partial charge is 0.389 e. The van der Waals surface area contributed by atoms with Gasteiger partial charge in [0, 0.05) is 22.9 Å². The molecule has 0 saturated carbocycles. The van der Waals surface area contributed by atoms with Crippen LogP contribution in [0.4, 0.5) is 5.69 Å². The van der Waals surface area contributed by atoms with E-state index in [4.69, 9.17) is 0 Å². The number of carbonyl (C=O) groups excluding carboxylic acids is 1. The average molecular weight is 426 g/mol. The molecule has 1 amide bonds. The number of carbonyl (C=O) groups is 1. The smallest absolute Gasteiger partial charge is 0.267 e. The highest BCUT2D eigenvalue weighted by atomic mass is 79.9. The molecule has 2 aromatic carbocycles. The lowest BCUT2D eigenvalue weighted by Gasteiger charge is -2.16. The lowest BCUT2D eigenvalue weighted by molar-refractivity contribution is -0.112. The fourth-order valence-electron chi connectivity index (χ4n) is 2.75. The number of anilines is 1. The van der Waals surface area contributed by atoms with E-state index in [-0.39, 0.29) is 11.5 Å². The molecule has 0 aliphatic carbocycles. The molecule has 2 aromatic rings. The Morgan fingerprint density at radius 3 is 2.63 bits per heavy atom. The zero-order chi connectivity index (χ0) is 19.8. The summed E-state index contributed by atoms with van der Waals surface area (Å²) < 4.78 is 1.05. The van der Waals surface area contributed by atoms with Crippen molar-refractivity contribution in [3.8, 4) is 6.07 Å². The number of nitrogens with one attached hydrogen (secondary N) is 2. The van der Waals surface area contributed by atoms with Crippen LogP contribution in [0.15, 0.2) is 58.7 Å². The third-order valence-corrected chi connectivity index (χ3v) is 5.05. The Bertz CT molecular complexity index is 881. The van der Waals surface area contributed by atoms with Crippen LogP contribution < -0.4 is 10.6 Å². The van der Waals surface area contributed by atoms with Gasteiger partial charge in [0.25, 0.3) is 5.91 Å². The first-order valence-electron chi connectivity index (χ1n) is 8.92. The summed E-state index contributed by atoms with van der Waals surface area (Å²) in [4.78, 5) is 12.5. The van der Waals surface area contributed by atoms with E-state index in [1.54, 1.807) is 0 Å². The van der Waals surface area contributed by atoms with Crippen molar-refractivity contribution in [2.45, 2.75) is 33.1 Å². The van der Waals surface area contributed by atoms with Gasteiger partial charge in [0.05, 0.1) is 0 Å². The number of rotatable bonds is 7. The first-order valence-corrected chi connectivity index (χ1v) is 9.71. The molecule has 5 heteroatoms. The minimum absolute atomic E-state index is 0.0556. The molecule has 27 heavy (non-hydrogen) atoms. The highest BCUT2D eigenvalue weighted by Crippen LogP contribution is 2.27. The van der Waals surface area contributed by atoms with Crippen molar-refractivity contribution >= 4 is 27.5 Å². The van der Waals surface area contributed by atoms with E-state index in [1.807, 2.05) is 55.5 Å². The second kappa shape index (κ2) is 9.94. The monoisotopic (exact) mass is 425 g/mol. The minimum atomic E-state index is -0.401. The van der Waals surface area contributed by atoms with Gasteiger partial charge in [-0.15, -0.1) is 0 Å². The molecule has 0 aliphatic rings. The summed E-state index contributed by atoms with van der Waals surface area (Å²) in [5.41, 5.74) is 4.05. The fraction of sp³-hybridized carbons (Fsp3) is 0.273. The molecule has 0 saturated heterocycles. The van der Waals surface area contributed by atoms with Crippen LogP contribution in [0.2, 0.25) is 0 Å². The van der Waals surface area contributed by atoms with Crippen LogP contribution in [-0.4, -0.2) is 12.5 Å². The standard InChI is InChI=1S/C22H24BrN3O/c1-15(2)19-9-6-7-16(3)21(19)26-22(27)18(13-24)14-25-12-11-17-8-4-5-10-20(17)23/h4-10,14-15,25H,11-12H2,1-3H3,(H,26,27)/b18-14-. The van der Waals surface area contributed by atoms with Gasteiger partial charge in [-0.25, -0.2) is 0 Å². The molecule has 0 aliphatic heterocycles. The second-order valence-electron chi connectivity index (χ2n) is 6.61. The third kappa shape index (κ3) is 5.70. The molecule has 0 fully saturated rings. The van der Waals surface area contributed by atoms with Gasteiger partial charge in [-0.05, 0) is 42.0 Å². The quantitative estimate of drug-likeness (QED) is 0.370. The molecule has 0 spiro atoms. The van der Waals surface area contributed by atoms with Gasteiger partial charge >= 0.3 is 0 Å². The lowest BCUT2D eigenvalue weighted by Crippen LogP contribution is -2.19. The van der Waals surface area contributed by atoms with Crippen LogP contribution in [0, 0.1) is 18.3 Å². The van der Waals surface area contributed by atoms with Crippen molar-refractivity contribution in [3.05, 3.63) is 75.4 Å². The summed E-state index contributed by atoms with van der Waals surface area (Å²) in [7, 11) is 0. The van der Waals surface area contributed by atoms with Gasteiger partial charge in [0.1, 0.15) is 11.6 Å². The van der Waals surface area contributed by atoms with Gasteiger partial charge in [0.15, 0.2) is 0 Å². The van der Waals surface area contributed by atoms with Crippen LogP contribution in [0.1, 0.15) is 36.5 Å². The van der Waals surface area contributed by atoms with Gasteiger partial charge in [-0.2, -0.15) is 5.26 Å². The lowest BCUT2D eigenvalue weighted by atomic mass is 9.98. The van der Waals surface area contributed by atoms with E-state index in [0.717, 1.165) is 27.7 Å². The number of hydrogen-bond acceptors (Lipinski definition) is 3. The van der Waals surface area contributed by atoms with Gasteiger partial charge in [0.2, 0.25) is 0 Å². The topological polar surface area (TPSA) is 64.9 Å². The van der Waals surface area contributed by atoms with Crippen molar-refractivity contribution in [2.24, 2.45) is 0 Å². The maximum absolute atomic E-state index is 12.5. The molecule has 0 atom stereocenters. The molecule has 0 heterocycles. The molecule has 0 radical (unpaired) electrons. The maximum Gasteiger partial charge on any atom is 0.267 e. The summed E-state index contributed by atoms with van der Waals surface area (Å²) in [6, 6.07) is 15.9. The Balaban J connectivity index is 2.03. The number of nitriles is 1. The molecule has 140 valence electrons. The molecular formula is C22H24BrN3O. The first-order chi connectivity index (χ1) is 12.9. The summed E-state index contributed by atoms with van der Waals surface area (Å²) in [6.45, 7) is 6.74. The number of benzene rings is 2. The maximum atomic E-state index is 12.5. The van der Waals surface area contributed by atoms with Gasteiger partial charge in [-0.3, -0.25) is 4.79 Å². The molecule has 2 rings (SSSR count). The number of para-hydroxylation sites is 1. The number of halogens is 1. The number of hydrogen-bond donors (Lipinski definition) is 2. The van der Waals surface area contributed by atoms with Crippen molar-refractivity contribution in [1.82, 2.24) is 5.32 Å². The number of aryl methyl sites for hydroxylation is 1. The van der Waals surface area contributed by atoms with Crippen LogP contribution in [0.3, 0.4) is 0 Å². The Morgan fingerprint density at radius 1 is 1.22 bits per heavy atom. The van der Waals surface area contributed by atoms with E-state index < -0.39 is 5.91 Å². The average Bonchev–Trinajstić information content (AvgIpc) is 2.64. The highest BCUT2D eigenvalue weighted by molar-refractivity contribution is 9.10. The summed E-state index contributed by atoms with van der Waals surface area (Å²) >= 11 is 3.52. The van der Waals surface area contributed by atoms with E-state index in [9.17, 15) is 10.1 Å². The Morgan fingerprint density at radius 2 is 1.96 bits per heavy atom. The Hall–Kier alpha value is -2.58. The Kier molecular flexibility index (Phi) is 7.63. The van der Waals surface area contributed by atoms with Crippen LogP contribution in [0.25, 0.3) is 0 Å². The zero-order valence-corrected chi connectivity index (χ0v) is 17.4. The third-order valence-electron chi connectivity index (χ3n) is 4.27. The van der Waals surface area contributed by atoms with Crippen LogP contribution >= 0.6 is 15.9 Å².